The van der Waals surface area contributed by atoms with Gasteiger partial charge in [-0.3, -0.25) is 0 Å². The van der Waals surface area contributed by atoms with Crippen molar-refractivity contribution in [3.63, 3.8) is 0 Å². The minimum absolute atomic E-state index is 0.147. The molecule has 0 radical (unpaired) electrons. The Balaban J connectivity index is 1.44. The van der Waals surface area contributed by atoms with Crippen LogP contribution in [0, 0.1) is 0 Å². The van der Waals surface area contributed by atoms with Gasteiger partial charge in [0.05, 0.1) is 19.6 Å². The molecule has 0 aliphatic carbocycles. The fourth-order valence-electron chi connectivity index (χ4n) is 12.5. The Labute approximate surface area is 541 Å². The lowest BCUT2D eigenvalue weighted by molar-refractivity contribution is 0.589. The van der Waals surface area contributed by atoms with E-state index < -0.39 is 12.1 Å². The summed E-state index contributed by atoms with van der Waals surface area (Å²) in [5.41, 5.74) is 17.6. The minimum atomic E-state index is -1.08. The summed E-state index contributed by atoms with van der Waals surface area (Å²) in [4.78, 5) is 4.37. The first kappa shape index (κ1) is 54.4. The van der Waals surface area contributed by atoms with E-state index in [1.165, 1.54) is 0 Å². The van der Waals surface area contributed by atoms with Crippen LogP contribution in [0.15, 0.2) is 170 Å². The molecule has 0 amide bonds. The van der Waals surface area contributed by atoms with E-state index in [0.29, 0.717) is 28.2 Å². The van der Waals surface area contributed by atoms with Crippen LogP contribution in [-0.4, -0.2) is 6.71 Å². The van der Waals surface area contributed by atoms with Gasteiger partial charge in [-0.2, -0.15) is 0 Å². The molecule has 2 heterocycles. The monoisotopic (exact) mass is 1190 g/mol. The number of hydrogen-bond donors (Lipinski definition) is 0. The first-order valence-electron chi connectivity index (χ1n) is 34.1. The van der Waals surface area contributed by atoms with Crippen molar-refractivity contribution in [1.29, 1.82) is 0 Å². The van der Waals surface area contributed by atoms with Gasteiger partial charge in [0.1, 0.15) is 0 Å². The quantitative estimate of drug-likeness (QED) is 0.153. The maximum atomic E-state index is 10.6. The van der Waals surface area contributed by atoms with Crippen LogP contribution in [0.5, 0.6) is 0 Å². The zero-order valence-electron chi connectivity index (χ0n) is 61.4. The third-order valence-corrected chi connectivity index (χ3v) is 18.3. The smallest absolute Gasteiger partial charge is 0.252 e. The van der Waals surface area contributed by atoms with Gasteiger partial charge in [-0.25, -0.2) is 0 Å². The lowest BCUT2D eigenvalue weighted by atomic mass is 9.33. The molecule has 0 N–H and O–H groups in total. The molecule has 446 valence electrons. The number of anilines is 6. The Bertz CT molecular complexity index is 4120. The summed E-state index contributed by atoms with van der Waals surface area (Å²) in [6.07, 6.45) is 0. The van der Waals surface area contributed by atoms with Crippen molar-refractivity contribution >= 4 is 80.4 Å². The summed E-state index contributed by atoms with van der Waals surface area (Å²) in [6, 6.07) is 47.5. The van der Waals surface area contributed by atoms with Crippen LogP contribution < -0.4 is 26.2 Å². The zero-order chi connectivity index (χ0) is 68.3. The number of hydrogen-bond acceptors (Lipinski definition) is 2. The molecule has 11 rings (SSSR count). The lowest BCUT2D eigenvalue weighted by Gasteiger charge is -2.46. The highest BCUT2D eigenvalue weighted by atomic mass is 35.5. The zero-order valence-corrected chi connectivity index (χ0v) is 56.9. The summed E-state index contributed by atoms with van der Waals surface area (Å²) in [5.74, 6) is 0. The maximum absolute atomic E-state index is 10.6. The minimum Gasteiger partial charge on any atom is -0.310 e. The number of rotatable bonds is 6. The number of benzene rings is 9. The van der Waals surface area contributed by atoms with E-state index in [0.717, 1.165) is 94.8 Å². The van der Waals surface area contributed by atoms with Crippen molar-refractivity contribution in [1.82, 2.24) is 0 Å². The third-order valence-electron chi connectivity index (χ3n) is 17.9. The van der Waals surface area contributed by atoms with E-state index in [2.05, 4.69) is 289 Å². The molecule has 2 nitrogen and oxygen atoms in total. The molecular weight excluding hydrogens is 1090 g/mol. The summed E-state index contributed by atoms with van der Waals surface area (Å²) < 4.78 is 61.9. The van der Waals surface area contributed by atoms with Gasteiger partial charge in [0.2, 0.25) is 0 Å². The molecule has 0 aromatic heterocycles. The highest BCUT2D eigenvalue weighted by Gasteiger charge is 2.46. The molecule has 0 saturated carbocycles. The molecule has 0 fully saturated rings. The molecule has 5 heteroatoms. The van der Waals surface area contributed by atoms with Crippen molar-refractivity contribution in [2.75, 3.05) is 9.80 Å². The SMILES string of the molecule is [2H]c1c([2H])c2c(c([2H])c1Cl)N(c1c(-c3cccc(C(C)(C)C)c3)cc(C(C)(C)C)cc1-c1cccc(C(C)(C)C)c1)c1cc(C(C)(C)C)cc3c1B2c1c([2H])c([2H])c(Cl)c([2H])c1N3c1c(-c2cccc(C(C)(C)C)c2)cc(C(C)(C)C)cc1-c1cccc(C(C)(C)C)c1. The molecule has 0 atom stereocenters. The maximum Gasteiger partial charge on any atom is 0.252 e. The van der Waals surface area contributed by atoms with Crippen LogP contribution in [0.4, 0.5) is 34.1 Å². The topological polar surface area (TPSA) is 6.48 Å². The van der Waals surface area contributed by atoms with Crippen molar-refractivity contribution < 1.29 is 8.22 Å². The summed E-state index contributed by atoms with van der Waals surface area (Å²) in [6.45, 7) is 45.8. The largest absolute Gasteiger partial charge is 0.310 e. The van der Waals surface area contributed by atoms with E-state index >= 15 is 0 Å². The van der Waals surface area contributed by atoms with Crippen LogP contribution in [0.25, 0.3) is 44.5 Å². The van der Waals surface area contributed by atoms with Crippen molar-refractivity contribution in [3.8, 4) is 44.5 Å². The molecule has 0 unspecified atom stereocenters. The van der Waals surface area contributed by atoms with E-state index in [1.807, 2.05) is 0 Å². The number of halogens is 2. The standard InChI is InChI=1S/C82H91BCl2N2/c1-76(2,3)54-30-22-26-50(38-54)63-42-58(80(13,14)15)43-64(51-27-23-31-55(39-51)77(4,5)6)74(63)86-69-48-61(84)34-36-67(69)83-68-37-35-62(85)49-70(68)87(72-47-60(82(19,20)21)46-71(86)73(72)83)75-65(52-28-24-32-56(40-52)78(7,8)9)44-59(81(16,17)18)45-66(75)53-29-25-33-57(41-53)79(10,11)12/h22-49H,1-21H3/i34D,35D,36D,37D,48D,49D. The molecule has 9 aromatic rings. The molecule has 9 aromatic carbocycles. The van der Waals surface area contributed by atoms with Crippen molar-refractivity contribution in [2.24, 2.45) is 0 Å². The fourth-order valence-corrected chi connectivity index (χ4v) is 12.8. The van der Waals surface area contributed by atoms with Gasteiger partial charge in [-0.1, -0.05) is 278 Å². The van der Waals surface area contributed by atoms with E-state index in [9.17, 15) is 8.22 Å². The average Bonchev–Trinajstić information content (AvgIpc) is 0.676. The Kier molecular flexibility index (Phi) is 13.4. The van der Waals surface area contributed by atoms with Crippen LogP contribution in [-0.2, 0) is 37.9 Å². The average molecular weight is 1190 g/mol. The summed E-state index contributed by atoms with van der Waals surface area (Å²) in [7, 11) is 0. The predicted octanol–water partition coefficient (Wildman–Crippen LogP) is 22.8. The molecule has 0 spiro atoms. The van der Waals surface area contributed by atoms with Crippen molar-refractivity contribution in [3.05, 3.63) is 219 Å². The highest BCUT2D eigenvalue weighted by molar-refractivity contribution is 7.00. The van der Waals surface area contributed by atoms with E-state index in [1.54, 1.807) is 0 Å². The summed E-state index contributed by atoms with van der Waals surface area (Å²) >= 11 is 14.8. The van der Waals surface area contributed by atoms with Gasteiger partial charge in [-0.15, -0.1) is 0 Å². The molecule has 0 saturated heterocycles. The van der Waals surface area contributed by atoms with Gasteiger partial charge < -0.3 is 9.80 Å². The molecular formula is C82H91BCl2N2. The summed E-state index contributed by atoms with van der Waals surface area (Å²) in [5, 5.41) is -0.354. The normalized spacial score (nSPS) is 14.8. The Morgan fingerprint density at radius 3 is 0.816 bits per heavy atom. The first-order valence-corrected chi connectivity index (χ1v) is 31.8. The van der Waals surface area contributed by atoms with Gasteiger partial charge in [0.15, 0.2) is 0 Å². The predicted molar refractivity (Wildman–Crippen MR) is 383 cm³/mol. The Morgan fingerprint density at radius 1 is 0.310 bits per heavy atom. The molecule has 87 heavy (non-hydrogen) atoms. The van der Waals surface area contributed by atoms with Gasteiger partial charge in [0.25, 0.3) is 6.71 Å². The highest BCUT2D eigenvalue weighted by Crippen LogP contribution is 2.56. The first-order chi connectivity index (χ1) is 42.9. The second-order valence-electron chi connectivity index (χ2n) is 31.8. The molecule has 0 bridgehead atoms. The van der Waals surface area contributed by atoms with E-state index in [-0.39, 0.29) is 89.7 Å². The fraction of sp³-hybridized carbons (Fsp3) is 0.341. The Morgan fingerprint density at radius 2 is 0.563 bits per heavy atom. The molecule has 2 aliphatic heterocycles. The number of fused-ring (bicyclic) bond motifs is 4. The van der Waals surface area contributed by atoms with Gasteiger partial charge in [-0.05, 0) is 176 Å². The van der Waals surface area contributed by atoms with Crippen LogP contribution >= 0.6 is 23.2 Å². The lowest BCUT2D eigenvalue weighted by Crippen LogP contribution is -2.61. The molecule has 2 aliphatic rings. The second-order valence-corrected chi connectivity index (χ2v) is 32.6. The second kappa shape index (κ2) is 21.5. The van der Waals surface area contributed by atoms with E-state index in [4.69, 9.17) is 23.2 Å². The van der Waals surface area contributed by atoms with Crippen LogP contribution in [0.1, 0.15) is 193 Å². The van der Waals surface area contributed by atoms with Gasteiger partial charge in [0, 0.05) is 55.0 Å². The number of nitrogens with zero attached hydrogens (tertiary/aromatic N) is 2. The van der Waals surface area contributed by atoms with Crippen molar-refractivity contribution in [2.45, 2.75) is 183 Å². The van der Waals surface area contributed by atoms with Crippen LogP contribution in [0.3, 0.4) is 0 Å². The third kappa shape index (κ3) is 11.7. The van der Waals surface area contributed by atoms with Gasteiger partial charge >= 0.3 is 0 Å². The van der Waals surface area contributed by atoms with Crippen LogP contribution in [0.2, 0.25) is 10.0 Å². The Hall–Kier alpha value is -6.78.